The molecule has 0 aromatic carbocycles. The van der Waals surface area contributed by atoms with Crippen LogP contribution in [0.1, 0.15) is 33.1 Å². The van der Waals surface area contributed by atoms with Crippen LogP contribution in [0.2, 0.25) is 0 Å². The Bertz CT molecular complexity index is 132. The molecule has 1 rings (SSSR count). The van der Waals surface area contributed by atoms with Crippen LogP contribution < -0.4 is 0 Å². The van der Waals surface area contributed by atoms with E-state index in [1.165, 1.54) is 0 Å². The van der Waals surface area contributed by atoms with Gasteiger partial charge in [0.15, 0.2) is 0 Å². The van der Waals surface area contributed by atoms with Gasteiger partial charge in [-0.3, -0.25) is 0 Å². The number of aliphatic hydroxyl groups excluding tert-OH is 1. The average molecular weight is 158 g/mol. The molecule has 0 aromatic heterocycles. The van der Waals surface area contributed by atoms with Crippen LogP contribution in [0.15, 0.2) is 0 Å². The molecule has 0 aliphatic heterocycles. The van der Waals surface area contributed by atoms with Gasteiger partial charge in [-0.15, -0.1) is 0 Å². The van der Waals surface area contributed by atoms with Crippen molar-refractivity contribution < 1.29 is 9.84 Å². The van der Waals surface area contributed by atoms with Crippen molar-refractivity contribution in [2.45, 2.75) is 45.3 Å². The van der Waals surface area contributed by atoms with Gasteiger partial charge in [-0.25, -0.2) is 0 Å². The second kappa shape index (κ2) is 3.11. The number of aliphatic hydroxyl groups is 1. The highest BCUT2D eigenvalue weighted by atomic mass is 16.5. The summed E-state index contributed by atoms with van der Waals surface area (Å²) in [5.74, 6) is 0. The number of hydrogen-bond acceptors (Lipinski definition) is 2. The van der Waals surface area contributed by atoms with Crippen LogP contribution in [0.4, 0.5) is 0 Å². The van der Waals surface area contributed by atoms with Gasteiger partial charge in [0.2, 0.25) is 0 Å². The minimum Gasteiger partial charge on any atom is -0.390 e. The first-order chi connectivity index (χ1) is 5.05. The van der Waals surface area contributed by atoms with Gasteiger partial charge in [0, 0.05) is 7.11 Å². The summed E-state index contributed by atoms with van der Waals surface area (Å²) >= 11 is 0. The van der Waals surface area contributed by atoms with E-state index in [2.05, 4.69) is 13.8 Å². The molecule has 66 valence electrons. The van der Waals surface area contributed by atoms with E-state index < -0.39 is 0 Å². The Morgan fingerprint density at radius 2 is 2.09 bits per heavy atom. The maximum atomic E-state index is 9.48. The highest BCUT2D eigenvalue weighted by Crippen LogP contribution is 2.36. The van der Waals surface area contributed by atoms with Crippen molar-refractivity contribution in [3.05, 3.63) is 0 Å². The molecule has 0 aromatic rings. The lowest BCUT2D eigenvalue weighted by Gasteiger charge is -2.37. The second-order valence-electron chi connectivity index (χ2n) is 4.25. The van der Waals surface area contributed by atoms with Crippen molar-refractivity contribution in [2.24, 2.45) is 5.41 Å². The Balaban J connectivity index is 2.51. The van der Waals surface area contributed by atoms with Crippen LogP contribution in [-0.2, 0) is 4.74 Å². The van der Waals surface area contributed by atoms with E-state index in [0.29, 0.717) is 5.41 Å². The summed E-state index contributed by atoms with van der Waals surface area (Å²) in [6, 6.07) is 0. The third-order valence-electron chi connectivity index (χ3n) is 2.60. The Kier molecular flexibility index (Phi) is 2.55. The van der Waals surface area contributed by atoms with E-state index >= 15 is 0 Å². The number of rotatable bonds is 1. The topological polar surface area (TPSA) is 29.5 Å². The number of methoxy groups -OCH3 is 1. The Hall–Kier alpha value is -0.0800. The summed E-state index contributed by atoms with van der Waals surface area (Å²) in [6.07, 6.45) is 2.77. The summed E-state index contributed by atoms with van der Waals surface area (Å²) in [7, 11) is 1.68. The lowest BCUT2D eigenvalue weighted by atomic mass is 9.75. The zero-order valence-corrected chi connectivity index (χ0v) is 7.63. The molecule has 0 radical (unpaired) electrons. The molecule has 1 saturated carbocycles. The molecule has 0 amide bonds. The molecule has 0 bridgehead atoms. The fourth-order valence-electron chi connectivity index (χ4n) is 1.75. The molecule has 1 aliphatic carbocycles. The lowest BCUT2D eigenvalue weighted by molar-refractivity contribution is -0.0669. The smallest absolute Gasteiger partial charge is 0.0835 e. The molecular formula is C9H18O2. The Labute approximate surface area is 68.6 Å². The van der Waals surface area contributed by atoms with Crippen LogP contribution in [0, 0.1) is 5.41 Å². The fourth-order valence-corrected chi connectivity index (χ4v) is 1.75. The molecule has 0 spiro atoms. The molecule has 0 heterocycles. The zero-order valence-electron chi connectivity index (χ0n) is 7.63. The zero-order chi connectivity index (χ0) is 8.48. The fraction of sp³-hybridized carbons (Fsp3) is 1.00. The monoisotopic (exact) mass is 158 g/mol. The second-order valence-corrected chi connectivity index (χ2v) is 4.25. The first kappa shape index (κ1) is 9.01. The summed E-state index contributed by atoms with van der Waals surface area (Å²) in [6.45, 7) is 4.45. The van der Waals surface area contributed by atoms with Crippen molar-refractivity contribution >= 4 is 0 Å². The van der Waals surface area contributed by atoms with Gasteiger partial charge in [-0.05, 0) is 24.7 Å². The first-order valence-electron chi connectivity index (χ1n) is 4.26. The molecule has 0 saturated heterocycles. The van der Waals surface area contributed by atoms with Crippen molar-refractivity contribution in [1.29, 1.82) is 0 Å². The van der Waals surface area contributed by atoms with Crippen LogP contribution in [0.5, 0.6) is 0 Å². The predicted octanol–water partition coefficient (Wildman–Crippen LogP) is 1.57. The van der Waals surface area contributed by atoms with Gasteiger partial charge in [0.1, 0.15) is 0 Å². The van der Waals surface area contributed by atoms with Crippen LogP contribution in [0.25, 0.3) is 0 Å². The SMILES string of the molecule is COC1CC(C)(C)CCC1O. The van der Waals surface area contributed by atoms with Crippen molar-refractivity contribution in [2.75, 3.05) is 7.11 Å². The van der Waals surface area contributed by atoms with Gasteiger partial charge in [0.05, 0.1) is 12.2 Å². The van der Waals surface area contributed by atoms with Crippen molar-refractivity contribution in [3.63, 3.8) is 0 Å². The van der Waals surface area contributed by atoms with Crippen molar-refractivity contribution in [3.8, 4) is 0 Å². The maximum absolute atomic E-state index is 9.48. The van der Waals surface area contributed by atoms with E-state index in [1.54, 1.807) is 7.11 Å². The van der Waals surface area contributed by atoms with E-state index in [0.717, 1.165) is 19.3 Å². The first-order valence-corrected chi connectivity index (χ1v) is 4.26. The molecular weight excluding hydrogens is 140 g/mol. The van der Waals surface area contributed by atoms with Crippen LogP contribution in [0.3, 0.4) is 0 Å². The number of hydrogen-bond donors (Lipinski definition) is 1. The van der Waals surface area contributed by atoms with Crippen LogP contribution in [-0.4, -0.2) is 24.4 Å². The van der Waals surface area contributed by atoms with Crippen LogP contribution >= 0.6 is 0 Å². The van der Waals surface area contributed by atoms with Gasteiger partial charge in [-0.2, -0.15) is 0 Å². The summed E-state index contributed by atoms with van der Waals surface area (Å²) in [4.78, 5) is 0. The molecule has 1 fully saturated rings. The van der Waals surface area contributed by atoms with Gasteiger partial charge < -0.3 is 9.84 Å². The highest BCUT2D eigenvalue weighted by Gasteiger charge is 2.33. The van der Waals surface area contributed by atoms with Crippen molar-refractivity contribution in [1.82, 2.24) is 0 Å². The molecule has 1 N–H and O–H groups in total. The summed E-state index contributed by atoms with van der Waals surface area (Å²) in [5.41, 5.74) is 0.347. The summed E-state index contributed by atoms with van der Waals surface area (Å²) in [5, 5.41) is 9.48. The maximum Gasteiger partial charge on any atom is 0.0835 e. The average Bonchev–Trinajstić information content (AvgIpc) is 1.94. The number of ether oxygens (including phenoxy) is 1. The molecule has 2 heteroatoms. The largest absolute Gasteiger partial charge is 0.390 e. The van der Waals surface area contributed by atoms with Gasteiger partial charge in [0.25, 0.3) is 0 Å². The van der Waals surface area contributed by atoms with E-state index in [4.69, 9.17) is 4.74 Å². The molecule has 1 aliphatic rings. The summed E-state index contributed by atoms with van der Waals surface area (Å²) < 4.78 is 5.19. The lowest BCUT2D eigenvalue weighted by Crippen LogP contribution is -2.38. The van der Waals surface area contributed by atoms with Gasteiger partial charge in [-0.1, -0.05) is 13.8 Å². The minimum absolute atomic E-state index is 0.0544. The third-order valence-corrected chi connectivity index (χ3v) is 2.60. The predicted molar refractivity (Wildman–Crippen MR) is 44.4 cm³/mol. The molecule has 2 unspecified atom stereocenters. The molecule has 2 atom stereocenters. The quantitative estimate of drug-likeness (QED) is 0.627. The minimum atomic E-state index is -0.243. The Morgan fingerprint density at radius 1 is 1.45 bits per heavy atom. The van der Waals surface area contributed by atoms with E-state index in [9.17, 15) is 5.11 Å². The highest BCUT2D eigenvalue weighted by molar-refractivity contribution is 4.85. The molecule has 11 heavy (non-hydrogen) atoms. The molecule has 2 nitrogen and oxygen atoms in total. The third kappa shape index (κ3) is 2.17. The van der Waals surface area contributed by atoms with E-state index in [1.807, 2.05) is 0 Å². The Morgan fingerprint density at radius 3 is 2.55 bits per heavy atom. The van der Waals surface area contributed by atoms with Gasteiger partial charge >= 0.3 is 0 Å². The standard InChI is InChI=1S/C9H18O2/c1-9(2)5-4-7(10)8(6-9)11-3/h7-8,10H,4-6H2,1-3H3. The van der Waals surface area contributed by atoms with E-state index in [-0.39, 0.29) is 12.2 Å². The normalized spacial score (nSPS) is 37.1.